The molecule has 3 heterocycles. The predicted molar refractivity (Wildman–Crippen MR) is 102 cm³/mol. The van der Waals surface area contributed by atoms with Gasteiger partial charge < -0.3 is 10.6 Å². The molecule has 2 amide bonds. The lowest BCUT2D eigenvalue weighted by atomic mass is 9.86. The second-order valence-electron chi connectivity index (χ2n) is 7.26. The van der Waals surface area contributed by atoms with Gasteiger partial charge in [0.2, 0.25) is 0 Å². The molecule has 3 rings (SSSR count). The van der Waals surface area contributed by atoms with Crippen molar-refractivity contribution in [3.63, 3.8) is 0 Å². The Hall–Kier alpha value is -1.93. The van der Waals surface area contributed by atoms with Gasteiger partial charge in [0.15, 0.2) is 9.84 Å². The maximum absolute atomic E-state index is 12.4. The normalized spacial score (nSPS) is 21.7. The third kappa shape index (κ3) is 3.61. The first-order chi connectivity index (χ1) is 12.2. The number of rotatable bonds is 4. The fourth-order valence-electron chi connectivity index (χ4n) is 3.08. The van der Waals surface area contributed by atoms with E-state index < -0.39 is 15.1 Å². The lowest BCUT2D eigenvalue weighted by Gasteiger charge is -2.29. The number of amides is 2. The molecule has 2 aromatic rings. The average molecular weight is 394 g/mol. The minimum absolute atomic E-state index is 0.262. The summed E-state index contributed by atoms with van der Waals surface area (Å²) in [5.74, 6) is 0. The fraction of sp³-hybridized carbons (Fsp3) is 0.444. The van der Waals surface area contributed by atoms with Crippen LogP contribution in [0.1, 0.15) is 44.4 Å². The van der Waals surface area contributed by atoms with Crippen LogP contribution in [0.5, 0.6) is 0 Å². The molecule has 0 saturated carbocycles. The molecule has 8 heteroatoms. The highest BCUT2D eigenvalue weighted by Gasteiger charge is 2.38. The van der Waals surface area contributed by atoms with Crippen molar-refractivity contribution in [3.05, 3.63) is 47.1 Å². The van der Waals surface area contributed by atoms with E-state index in [0.29, 0.717) is 22.7 Å². The average Bonchev–Trinajstić information content (AvgIpc) is 3.10. The minimum atomic E-state index is -3.28. The van der Waals surface area contributed by atoms with Crippen molar-refractivity contribution in [1.29, 1.82) is 0 Å². The van der Waals surface area contributed by atoms with Gasteiger partial charge in [-0.3, -0.25) is 4.98 Å². The standard InChI is InChI=1S/C18H23N3O3S2/c1-12-9-15(14-6-8-25-16(14)26(12,23)24)21-17(22)20-11-18(2,3)13-5-4-7-19-10-13/h4-8,10,12,15H,9,11H2,1-3H3,(H2,20,21,22)/t12-,15-/m0/s1. The number of hydrogen-bond donors (Lipinski definition) is 2. The van der Waals surface area contributed by atoms with Gasteiger partial charge in [0.1, 0.15) is 4.21 Å². The van der Waals surface area contributed by atoms with E-state index >= 15 is 0 Å². The van der Waals surface area contributed by atoms with Crippen LogP contribution < -0.4 is 10.6 Å². The number of thiophene rings is 1. The first-order valence-corrected chi connectivity index (χ1v) is 10.9. The van der Waals surface area contributed by atoms with Gasteiger partial charge in [0.05, 0.1) is 11.3 Å². The second kappa shape index (κ2) is 7.00. The SMILES string of the molecule is C[C@H]1C[C@H](NC(=O)NCC(C)(C)c2cccnc2)c2ccsc2S1(=O)=O. The third-order valence-electron chi connectivity index (χ3n) is 4.83. The van der Waals surface area contributed by atoms with Crippen LogP contribution in [0.3, 0.4) is 0 Å². The number of sulfone groups is 1. The first kappa shape index (κ1) is 18.8. The van der Waals surface area contributed by atoms with Crippen LogP contribution >= 0.6 is 11.3 Å². The molecule has 0 fully saturated rings. The van der Waals surface area contributed by atoms with Gasteiger partial charge in [-0.25, -0.2) is 13.2 Å². The summed E-state index contributed by atoms with van der Waals surface area (Å²) < 4.78 is 25.1. The molecule has 6 nitrogen and oxygen atoms in total. The van der Waals surface area contributed by atoms with Crippen molar-refractivity contribution in [2.75, 3.05) is 6.54 Å². The van der Waals surface area contributed by atoms with Gasteiger partial charge in [-0.05, 0) is 36.4 Å². The summed E-state index contributed by atoms with van der Waals surface area (Å²) in [5.41, 5.74) is 1.47. The van der Waals surface area contributed by atoms with Crippen molar-refractivity contribution in [2.24, 2.45) is 0 Å². The Morgan fingerprint density at radius 1 is 1.38 bits per heavy atom. The quantitative estimate of drug-likeness (QED) is 0.836. The van der Waals surface area contributed by atoms with Crippen LogP contribution in [0, 0.1) is 0 Å². The molecular formula is C18H23N3O3S2. The molecule has 2 N–H and O–H groups in total. The molecule has 0 aromatic carbocycles. The Morgan fingerprint density at radius 2 is 2.15 bits per heavy atom. The molecule has 2 atom stereocenters. The summed E-state index contributed by atoms with van der Waals surface area (Å²) in [4.78, 5) is 16.5. The van der Waals surface area contributed by atoms with Crippen molar-refractivity contribution < 1.29 is 13.2 Å². The molecule has 0 radical (unpaired) electrons. The van der Waals surface area contributed by atoms with Crippen molar-refractivity contribution >= 4 is 27.2 Å². The van der Waals surface area contributed by atoms with Crippen LogP contribution in [-0.2, 0) is 15.3 Å². The van der Waals surface area contributed by atoms with Gasteiger partial charge in [0, 0.05) is 29.9 Å². The number of aromatic nitrogens is 1. The summed E-state index contributed by atoms with van der Waals surface area (Å²) in [6.45, 7) is 6.21. The molecule has 0 saturated heterocycles. The molecular weight excluding hydrogens is 370 g/mol. The number of fused-ring (bicyclic) bond motifs is 1. The Bertz CT molecular complexity index is 891. The molecule has 0 aliphatic carbocycles. The smallest absolute Gasteiger partial charge is 0.315 e. The van der Waals surface area contributed by atoms with Crippen molar-refractivity contribution in [1.82, 2.24) is 15.6 Å². The lowest BCUT2D eigenvalue weighted by Crippen LogP contribution is -2.45. The highest BCUT2D eigenvalue weighted by Crippen LogP contribution is 2.39. The molecule has 1 aliphatic heterocycles. The van der Waals surface area contributed by atoms with E-state index in [9.17, 15) is 13.2 Å². The highest BCUT2D eigenvalue weighted by atomic mass is 32.2. The van der Waals surface area contributed by atoms with E-state index in [1.165, 1.54) is 11.3 Å². The third-order valence-corrected chi connectivity index (χ3v) is 8.54. The lowest BCUT2D eigenvalue weighted by molar-refractivity contribution is 0.233. The van der Waals surface area contributed by atoms with Crippen molar-refractivity contribution in [2.45, 2.75) is 48.1 Å². The van der Waals surface area contributed by atoms with E-state index in [-0.39, 0.29) is 17.5 Å². The number of hydrogen-bond acceptors (Lipinski definition) is 5. The zero-order valence-corrected chi connectivity index (χ0v) is 16.7. The van der Waals surface area contributed by atoms with Crippen LogP contribution in [-0.4, -0.2) is 31.2 Å². The highest BCUT2D eigenvalue weighted by molar-refractivity contribution is 7.94. The van der Waals surface area contributed by atoms with Gasteiger partial charge in [0.25, 0.3) is 0 Å². The van der Waals surface area contributed by atoms with Crippen LogP contribution in [0.15, 0.2) is 40.2 Å². The minimum Gasteiger partial charge on any atom is -0.337 e. The maximum atomic E-state index is 12.4. The van der Waals surface area contributed by atoms with E-state index in [2.05, 4.69) is 15.6 Å². The van der Waals surface area contributed by atoms with Crippen LogP contribution in [0.2, 0.25) is 0 Å². The molecule has 0 spiro atoms. The summed E-state index contributed by atoms with van der Waals surface area (Å²) >= 11 is 1.22. The number of carbonyl (C=O) groups is 1. The summed E-state index contributed by atoms with van der Waals surface area (Å²) in [6, 6.07) is 5.05. The molecule has 2 aromatic heterocycles. The van der Waals surface area contributed by atoms with Crippen LogP contribution in [0.4, 0.5) is 4.79 Å². The first-order valence-electron chi connectivity index (χ1n) is 8.48. The fourth-order valence-corrected chi connectivity index (χ4v) is 6.31. The Kier molecular flexibility index (Phi) is 5.07. The number of pyridine rings is 1. The Labute approximate surface area is 158 Å². The van der Waals surface area contributed by atoms with E-state index in [1.807, 2.05) is 26.0 Å². The number of carbonyl (C=O) groups excluding carboxylic acids is 1. The van der Waals surface area contributed by atoms with Gasteiger partial charge in [-0.2, -0.15) is 0 Å². The zero-order chi connectivity index (χ0) is 18.9. The second-order valence-corrected chi connectivity index (χ2v) is 10.7. The molecule has 140 valence electrons. The Morgan fingerprint density at radius 3 is 2.85 bits per heavy atom. The molecule has 26 heavy (non-hydrogen) atoms. The Balaban J connectivity index is 1.66. The van der Waals surface area contributed by atoms with Crippen molar-refractivity contribution in [3.8, 4) is 0 Å². The van der Waals surface area contributed by atoms with E-state index in [0.717, 1.165) is 5.56 Å². The summed E-state index contributed by atoms with van der Waals surface area (Å²) in [5, 5.41) is 7.09. The zero-order valence-electron chi connectivity index (χ0n) is 15.0. The van der Waals surface area contributed by atoms with Gasteiger partial charge in [-0.1, -0.05) is 19.9 Å². The monoisotopic (exact) mass is 393 g/mol. The predicted octanol–water partition coefficient (Wildman–Crippen LogP) is 3.03. The molecule has 1 aliphatic rings. The van der Waals surface area contributed by atoms with Crippen LogP contribution in [0.25, 0.3) is 0 Å². The number of urea groups is 1. The number of nitrogens with zero attached hydrogens (tertiary/aromatic N) is 1. The molecule has 0 bridgehead atoms. The van der Waals surface area contributed by atoms with Gasteiger partial charge in [-0.15, -0.1) is 11.3 Å². The van der Waals surface area contributed by atoms with Gasteiger partial charge >= 0.3 is 6.03 Å². The summed E-state index contributed by atoms with van der Waals surface area (Å²) in [7, 11) is -3.28. The molecule has 0 unspecified atom stereocenters. The largest absolute Gasteiger partial charge is 0.337 e. The maximum Gasteiger partial charge on any atom is 0.315 e. The number of nitrogens with one attached hydrogen (secondary N) is 2. The van der Waals surface area contributed by atoms with E-state index in [4.69, 9.17) is 0 Å². The summed E-state index contributed by atoms with van der Waals surface area (Å²) in [6.07, 6.45) is 3.90. The topological polar surface area (TPSA) is 88.2 Å². The van der Waals surface area contributed by atoms with E-state index in [1.54, 1.807) is 30.8 Å².